The molecule has 0 spiro atoms. The van der Waals surface area contributed by atoms with Gasteiger partial charge in [0, 0.05) is 63.6 Å². The molecule has 0 bridgehead atoms. The molecule has 0 fully saturated rings. The van der Waals surface area contributed by atoms with Gasteiger partial charge in [-0.05, 0) is 82.2 Å². The largest absolute Gasteiger partial charge is 0.454 e. The van der Waals surface area contributed by atoms with Crippen LogP contribution in [0.3, 0.4) is 0 Å². The number of para-hydroxylation sites is 3. The fourth-order valence-corrected chi connectivity index (χ4v) is 11.8. The van der Waals surface area contributed by atoms with Crippen molar-refractivity contribution in [3.8, 4) is 34.4 Å². The minimum atomic E-state index is 0.541. The van der Waals surface area contributed by atoms with E-state index in [4.69, 9.17) is 19.4 Å². The molecule has 5 aromatic heterocycles. The van der Waals surface area contributed by atoms with Crippen molar-refractivity contribution < 1.29 is 4.42 Å². The number of furan rings is 1. The molecule has 0 aliphatic heterocycles. The Hall–Kier alpha value is -8.65. The molecule has 10 aromatic carbocycles. The summed E-state index contributed by atoms with van der Waals surface area (Å²) in [5.41, 5.74) is 8.43. The molecule has 0 aliphatic rings. The number of fused-ring (bicyclic) bond motifs is 15. The standard InChI is InChI=1S/C59H33N5OS/c1-2-16-36-33-49-45(32-35(36)15-1)53-37-17-4-3-14-34(37)28-31-48(53)63(49)55-44(30-29-41-40-20-7-11-25-50(40)65-56(41)55)58-60-57(43-22-13-27-52-54(43)42-21-8-12-26-51(42)66-52)61-59(62-58)64-46-23-9-5-18-38(46)39-19-6-10-24-47(39)64/h1-33H. The Labute approximate surface area is 379 Å². The zero-order valence-electron chi connectivity index (χ0n) is 35.1. The van der Waals surface area contributed by atoms with Gasteiger partial charge in [0.1, 0.15) is 11.3 Å². The summed E-state index contributed by atoms with van der Waals surface area (Å²) in [5, 5.41) is 13.7. The summed E-state index contributed by atoms with van der Waals surface area (Å²) in [6, 6.07) is 71.3. The lowest BCUT2D eigenvalue weighted by Crippen LogP contribution is -2.08. The highest BCUT2D eigenvalue weighted by molar-refractivity contribution is 7.25. The Morgan fingerprint density at radius 2 is 1.00 bits per heavy atom. The van der Waals surface area contributed by atoms with Gasteiger partial charge < -0.3 is 8.98 Å². The molecule has 306 valence electrons. The van der Waals surface area contributed by atoms with Crippen LogP contribution in [0.2, 0.25) is 0 Å². The molecular formula is C59H33N5OS. The van der Waals surface area contributed by atoms with Gasteiger partial charge >= 0.3 is 0 Å². The first-order valence-corrected chi connectivity index (χ1v) is 23.0. The van der Waals surface area contributed by atoms with Gasteiger partial charge in [-0.25, -0.2) is 4.98 Å². The maximum Gasteiger partial charge on any atom is 0.238 e. The molecule has 0 saturated carbocycles. The number of nitrogens with zero attached hydrogens (tertiary/aromatic N) is 5. The Morgan fingerprint density at radius 3 is 1.80 bits per heavy atom. The molecule has 15 aromatic rings. The lowest BCUT2D eigenvalue weighted by molar-refractivity contribution is 0.666. The van der Waals surface area contributed by atoms with Crippen LogP contribution in [0.5, 0.6) is 0 Å². The van der Waals surface area contributed by atoms with E-state index in [1.54, 1.807) is 11.3 Å². The Morgan fingerprint density at radius 1 is 0.364 bits per heavy atom. The molecule has 0 atom stereocenters. The van der Waals surface area contributed by atoms with Crippen molar-refractivity contribution in [1.82, 2.24) is 24.1 Å². The van der Waals surface area contributed by atoms with Gasteiger partial charge in [0.25, 0.3) is 0 Å². The van der Waals surface area contributed by atoms with Crippen molar-refractivity contribution in [3.05, 3.63) is 200 Å². The van der Waals surface area contributed by atoms with E-state index in [2.05, 4.69) is 203 Å². The summed E-state index contributed by atoms with van der Waals surface area (Å²) in [4.78, 5) is 16.6. The molecule has 0 saturated heterocycles. The highest BCUT2D eigenvalue weighted by atomic mass is 32.1. The van der Waals surface area contributed by atoms with Crippen molar-refractivity contribution in [1.29, 1.82) is 0 Å². The monoisotopic (exact) mass is 859 g/mol. The van der Waals surface area contributed by atoms with E-state index in [0.29, 0.717) is 17.6 Å². The first-order valence-electron chi connectivity index (χ1n) is 22.2. The van der Waals surface area contributed by atoms with Crippen LogP contribution >= 0.6 is 11.3 Å². The molecule has 0 unspecified atom stereocenters. The van der Waals surface area contributed by atoms with Gasteiger partial charge in [0.05, 0.1) is 22.1 Å². The number of hydrogen-bond acceptors (Lipinski definition) is 5. The normalized spacial score (nSPS) is 12.2. The minimum Gasteiger partial charge on any atom is -0.454 e. The third-order valence-electron chi connectivity index (χ3n) is 13.6. The van der Waals surface area contributed by atoms with Crippen LogP contribution in [0.4, 0.5) is 0 Å². The predicted octanol–water partition coefficient (Wildman–Crippen LogP) is 16.0. The number of aromatic nitrogens is 5. The topological polar surface area (TPSA) is 61.7 Å². The van der Waals surface area contributed by atoms with Crippen molar-refractivity contribution in [2.45, 2.75) is 0 Å². The highest BCUT2D eigenvalue weighted by Gasteiger charge is 2.27. The van der Waals surface area contributed by atoms with Gasteiger partial charge in [-0.15, -0.1) is 11.3 Å². The third kappa shape index (κ3) is 4.97. The Balaban J connectivity index is 1.12. The van der Waals surface area contributed by atoms with Crippen molar-refractivity contribution in [2.24, 2.45) is 0 Å². The molecule has 66 heavy (non-hydrogen) atoms. The van der Waals surface area contributed by atoms with Crippen molar-refractivity contribution in [3.63, 3.8) is 0 Å². The van der Waals surface area contributed by atoms with Crippen molar-refractivity contribution >= 4 is 119 Å². The summed E-state index contributed by atoms with van der Waals surface area (Å²) >= 11 is 1.79. The summed E-state index contributed by atoms with van der Waals surface area (Å²) in [6.45, 7) is 0. The van der Waals surface area contributed by atoms with E-state index >= 15 is 0 Å². The quantitative estimate of drug-likeness (QED) is 0.177. The van der Waals surface area contributed by atoms with E-state index in [-0.39, 0.29) is 0 Å². The predicted molar refractivity (Wildman–Crippen MR) is 275 cm³/mol. The van der Waals surface area contributed by atoms with Crippen LogP contribution < -0.4 is 0 Å². The first-order chi connectivity index (χ1) is 32.7. The fourth-order valence-electron chi connectivity index (χ4n) is 10.7. The average molecular weight is 860 g/mol. The maximum atomic E-state index is 7.07. The number of thiophene rings is 1. The van der Waals surface area contributed by atoms with Gasteiger partial charge in [0.15, 0.2) is 17.2 Å². The van der Waals surface area contributed by atoms with E-state index < -0.39 is 0 Å². The summed E-state index contributed by atoms with van der Waals surface area (Å²) in [5.74, 6) is 1.68. The van der Waals surface area contributed by atoms with Crippen LogP contribution in [-0.2, 0) is 0 Å². The van der Waals surface area contributed by atoms with Crippen LogP contribution in [0.1, 0.15) is 0 Å². The van der Waals surface area contributed by atoms with Crippen LogP contribution in [-0.4, -0.2) is 24.1 Å². The molecule has 0 radical (unpaired) electrons. The second-order valence-corrected chi connectivity index (χ2v) is 18.2. The lowest BCUT2D eigenvalue weighted by Gasteiger charge is -2.16. The maximum absolute atomic E-state index is 7.07. The molecule has 7 heteroatoms. The number of benzene rings is 10. The number of rotatable bonds is 4. The fraction of sp³-hybridized carbons (Fsp3) is 0. The van der Waals surface area contributed by atoms with Gasteiger partial charge in [-0.3, -0.25) is 4.57 Å². The molecule has 6 nitrogen and oxygen atoms in total. The second kappa shape index (κ2) is 13.4. The Kier molecular flexibility index (Phi) is 7.28. The van der Waals surface area contributed by atoms with E-state index in [1.807, 2.05) is 6.07 Å². The first kappa shape index (κ1) is 35.8. The zero-order chi connectivity index (χ0) is 43.0. The smallest absolute Gasteiger partial charge is 0.238 e. The lowest BCUT2D eigenvalue weighted by atomic mass is 10.0. The van der Waals surface area contributed by atoms with Crippen LogP contribution in [0.15, 0.2) is 205 Å². The summed E-state index contributed by atoms with van der Waals surface area (Å²) in [7, 11) is 0. The van der Waals surface area contributed by atoms with Gasteiger partial charge in [-0.2, -0.15) is 9.97 Å². The molecule has 15 rings (SSSR count). The third-order valence-corrected chi connectivity index (χ3v) is 14.7. The summed E-state index contributed by atoms with van der Waals surface area (Å²) < 4.78 is 14.1. The molecule has 0 amide bonds. The SMILES string of the molecule is c1ccc2cc3c(cc2c1)c1c2ccccc2ccc1n3-c1c(-c2nc(-c3cccc4sc5ccccc5c34)nc(-n3c4ccccc4c4ccccc43)n2)ccc2c1oc1ccccc12. The summed E-state index contributed by atoms with van der Waals surface area (Å²) in [6.07, 6.45) is 0. The van der Waals surface area contributed by atoms with Gasteiger partial charge in [0.2, 0.25) is 5.95 Å². The molecule has 0 N–H and O–H groups in total. The second-order valence-electron chi connectivity index (χ2n) is 17.1. The van der Waals surface area contributed by atoms with Crippen LogP contribution in [0, 0.1) is 0 Å². The molecule has 5 heterocycles. The minimum absolute atomic E-state index is 0.541. The van der Waals surface area contributed by atoms with Crippen LogP contribution in [0.25, 0.3) is 142 Å². The van der Waals surface area contributed by atoms with Crippen molar-refractivity contribution in [2.75, 3.05) is 0 Å². The average Bonchev–Trinajstić information content (AvgIpc) is 4.13. The number of hydrogen-bond donors (Lipinski definition) is 0. The Bertz CT molecular complexity index is 4500. The molecule has 0 aliphatic carbocycles. The van der Waals surface area contributed by atoms with E-state index in [9.17, 15) is 0 Å². The van der Waals surface area contributed by atoms with E-state index in [1.165, 1.54) is 36.3 Å². The zero-order valence-corrected chi connectivity index (χ0v) is 35.9. The highest BCUT2D eigenvalue weighted by Crippen LogP contribution is 2.46. The molecular weight excluding hydrogens is 827 g/mol. The van der Waals surface area contributed by atoms with E-state index in [0.717, 1.165) is 87.8 Å². The van der Waals surface area contributed by atoms with Gasteiger partial charge in [-0.1, -0.05) is 140 Å².